The Hall–Kier alpha value is -1.52. The summed E-state index contributed by atoms with van der Waals surface area (Å²) in [7, 11) is 0. The molecular formula is C9H9NO3. The quantitative estimate of drug-likeness (QED) is 0.686. The highest BCUT2D eigenvalue weighted by Crippen LogP contribution is 2.27. The Balaban J connectivity index is 2.55. The Morgan fingerprint density at radius 2 is 2.31 bits per heavy atom. The van der Waals surface area contributed by atoms with Crippen LogP contribution in [0.15, 0.2) is 28.7 Å². The zero-order valence-corrected chi connectivity index (χ0v) is 6.86. The molecule has 2 aromatic rings. The van der Waals surface area contributed by atoms with E-state index < -0.39 is 0 Å². The maximum atomic E-state index is 9.42. The summed E-state index contributed by atoms with van der Waals surface area (Å²) >= 11 is 0. The van der Waals surface area contributed by atoms with Gasteiger partial charge in [-0.1, -0.05) is 6.07 Å². The second-order valence-corrected chi connectivity index (χ2v) is 2.71. The SMILES string of the molecule is NOCc1cc2c(O)cccc2o1. The second kappa shape index (κ2) is 3.08. The van der Waals surface area contributed by atoms with E-state index in [0.29, 0.717) is 16.7 Å². The first-order valence-corrected chi connectivity index (χ1v) is 3.83. The van der Waals surface area contributed by atoms with Crippen molar-refractivity contribution in [1.82, 2.24) is 0 Å². The molecular weight excluding hydrogens is 170 g/mol. The molecule has 1 heterocycles. The number of benzene rings is 1. The van der Waals surface area contributed by atoms with Crippen molar-refractivity contribution in [3.8, 4) is 5.75 Å². The molecule has 0 atom stereocenters. The van der Waals surface area contributed by atoms with Crippen molar-refractivity contribution in [2.24, 2.45) is 5.90 Å². The van der Waals surface area contributed by atoms with Crippen molar-refractivity contribution in [3.63, 3.8) is 0 Å². The normalized spacial score (nSPS) is 10.8. The Kier molecular flexibility index (Phi) is 1.92. The smallest absolute Gasteiger partial charge is 0.138 e. The molecule has 0 spiro atoms. The number of rotatable bonds is 2. The van der Waals surface area contributed by atoms with Crippen LogP contribution in [0.1, 0.15) is 5.76 Å². The highest BCUT2D eigenvalue weighted by Gasteiger charge is 2.06. The topological polar surface area (TPSA) is 68.6 Å². The lowest BCUT2D eigenvalue weighted by Crippen LogP contribution is -1.96. The van der Waals surface area contributed by atoms with Gasteiger partial charge in [-0.05, 0) is 18.2 Å². The molecule has 0 radical (unpaired) electrons. The number of hydrogen-bond acceptors (Lipinski definition) is 4. The standard InChI is InChI=1S/C9H9NO3/c10-12-5-6-4-7-8(11)2-1-3-9(7)13-6/h1-4,11H,5,10H2. The van der Waals surface area contributed by atoms with Crippen LogP contribution < -0.4 is 5.90 Å². The highest BCUT2D eigenvalue weighted by atomic mass is 16.6. The molecule has 0 amide bonds. The maximum Gasteiger partial charge on any atom is 0.138 e. The molecule has 0 aliphatic heterocycles. The Morgan fingerprint density at radius 3 is 3.00 bits per heavy atom. The van der Waals surface area contributed by atoms with Gasteiger partial charge < -0.3 is 9.52 Å². The number of phenols is 1. The summed E-state index contributed by atoms with van der Waals surface area (Å²) in [6.45, 7) is 0.203. The fraction of sp³-hybridized carbons (Fsp3) is 0.111. The molecule has 1 aromatic heterocycles. The summed E-state index contributed by atoms with van der Waals surface area (Å²) < 4.78 is 5.32. The van der Waals surface area contributed by atoms with Crippen molar-refractivity contribution in [3.05, 3.63) is 30.0 Å². The van der Waals surface area contributed by atoms with Gasteiger partial charge in [-0.25, -0.2) is 5.90 Å². The summed E-state index contributed by atoms with van der Waals surface area (Å²) in [6, 6.07) is 6.80. The largest absolute Gasteiger partial charge is 0.507 e. The Bertz CT molecular complexity index is 422. The van der Waals surface area contributed by atoms with Crippen molar-refractivity contribution in [2.75, 3.05) is 0 Å². The van der Waals surface area contributed by atoms with Gasteiger partial charge in [-0.2, -0.15) is 0 Å². The lowest BCUT2D eigenvalue weighted by Gasteiger charge is -1.90. The van der Waals surface area contributed by atoms with E-state index in [9.17, 15) is 5.11 Å². The predicted molar refractivity (Wildman–Crippen MR) is 46.9 cm³/mol. The number of hydrogen-bond donors (Lipinski definition) is 2. The first-order valence-electron chi connectivity index (χ1n) is 3.83. The third-order valence-corrected chi connectivity index (χ3v) is 1.82. The van der Waals surface area contributed by atoms with E-state index >= 15 is 0 Å². The summed E-state index contributed by atoms with van der Waals surface area (Å²) in [4.78, 5) is 4.42. The average molecular weight is 179 g/mol. The van der Waals surface area contributed by atoms with Gasteiger partial charge in [0.1, 0.15) is 23.7 Å². The average Bonchev–Trinajstić information content (AvgIpc) is 2.49. The number of furan rings is 1. The fourth-order valence-electron chi connectivity index (χ4n) is 1.25. The molecule has 68 valence electrons. The molecule has 4 nitrogen and oxygen atoms in total. The minimum atomic E-state index is 0.199. The van der Waals surface area contributed by atoms with Gasteiger partial charge in [0.05, 0.1) is 5.39 Å². The third-order valence-electron chi connectivity index (χ3n) is 1.82. The minimum absolute atomic E-state index is 0.199. The van der Waals surface area contributed by atoms with Crippen LogP contribution in [0.5, 0.6) is 5.75 Å². The number of nitrogens with two attached hydrogens (primary N) is 1. The molecule has 1 aromatic carbocycles. The zero-order chi connectivity index (χ0) is 9.26. The van der Waals surface area contributed by atoms with E-state index in [1.54, 1.807) is 24.3 Å². The number of aromatic hydroxyl groups is 1. The summed E-state index contributed by atoms with van der Waals surface area (Å²) in [5.74, 6) is 5.69. The first-order chi connectivity index (χ1) is 6.31. The van der Waals surface area contributed by atoms with E-state index in [2.05, 4.69) is 4.84 Å². The minimum Gasteiger partial charge on any atom is -0.507 e. The van der Waals surface area contributed by atoms with E-state index in [4.69, 9.17) is 10.3 Å². The maximum absolute atomic E-state index is 9.42. The molecule has 4 heteroatoms. The van der Waals surface area contributed by atoms with Crippen molar-refractivity contribution >= 4 is 11.0 Å². The number of fused-ring (bicyclic) bond motifs is 1. The molecule has 3 N–H and O–H groups in total. The molecule has 0 saturated heterocycles. The molecule has 0 bridgehead atoms. The Labute approximate surface area is 74.5 Å². The highest BCUT2D eigenvalue weighted by molar-refractivity contribution is 5.84. The van der Waals surface area contributed by atoms with Crippen molar-refractivity contribution in [2.45, 2.75) is 6.61 Å². The van der Waals surface area contributed by atoms with Crippen LogP contribution in [0.4, 0.5) is 0 Å². The molecule has 2 rings (SSSR count). The van der Waals surface area contributed by atoms with Gasteiger partial charge in [-0.15, -0.1) is 0 Å². The van der Waals surface area contributed by atoms with Gasteiger partial charge in [0, 0.05) is 0 Å². The third kappa shape index (κ3) is 1.37. The van der Waals surface area contributed by atoms with Gasteiger partial charge in [0.25, 0.3) is 0 Å². The van der Waals surface area contributed by atoms with Crippen LogP contribution in [-0.2, 0) is 11.4 Å². The molecule has 0 unspecified atom stereocenters. The van der Waals surface area contributed by atoms with Crippen LogP contribution in [0.3, 0.4) is 0 Å². The lowest BCUT2D eigenvalue weighted by atomic mass is 10.2. The van der Waals surface area contributed by atoms with E-state index in [0.717, 1.165) is 0 Å². The Morgan fingerprint density at radius 1 is 1.46 bits per heavy atom. The second-order valence-electron chi connectivity index (χ2n) is 2.71. The first kappa shape index (κ1) is 8.10. The van der Waals surface area contributed by atoms with Gasteiger partial charge in [-0.3, -0.25) is 4.84 Å². The van der Waals surface area contributed by atoms with Crippen LogP contribution >= 0.6 is 0 Å². The van der Waals surface area contributed by atoms with E-state index in [-0.39, 0.29) is 12.4 Å². The van der Waals surface area contributed by atoms with Gasteiger partial charge >= 0.3 is 0 Å². The summed E-state index contributed by atoms with van der Waals surface area (Å²) in [6.07, 6.45) is 0. The van der Waals surface area contributed by atoms with E-state index in [1.165, 1.54) is 0 Å². The zero-order valence-electron chi connectivity index (χ0n) is 6.86. The van der Waals surface area contributed by atoms with Crippen molar-refractivity contribution < 1.29 is 14.4 Å². The molecule has 0 aliphatic rings. The fourth-order valence-corrected chi connectivity index (χ4v) is 1.25. The molecule has 0 aliphatic carbocycles. The van der Waals surface area contributed by atoms with Crippen LogP contribution in [0.2, 0.25) is 0 Å². The summed E-state index contributed by atoms with van der Waals surface area (Å²) in [5, 5.41) is 10.1. The van der Waals surface area contributed by atoms with Gasteiger partial charge in [0.15, 0.2) is 0 Å². The van der Waals surface area contributed by atoms with Crippen LogP contribution in [0.25, 0.3) is 11.0 Å². The molecule has 0 saturated carbocycles. The molecule has 13 heavy (non-hydrogen) atoms. The van der Waals surface area contributed by atoms with Crippen LogP contribution in [-0.4, -0.2) is 5.11 Å². The monoisotopic (exact) mass is 179 g/mol. The van der Waals surface area contributed by atoms with Gasteiger partial charge in [0.2, 0.25) is 0 Å². The predicted octanol–water partition coefficient (Wildman–Crippen LogP) is 1.53. The van der Waals surface area contributed by atoms with Crippen LogP contribution in [0, 0.1) is 0 Å². The molecule has 0 fully saturated rings. The van der Waals surface area contributed by atoms with E-state index in [1.807, 2.05) is 0 Å². The lowest BCUT2D eigenvalue weighted by molar-refractivity contribution is 0.110. The summed E-state index contributed by atoms with van der Waals surface area (Å²) in [5.41, 5.74) is 0.632. The number of phenolic OH excluding ortho intramolecular Hbond substituents is 1. The van der Waals surface area contributed by atoms with Crippen molar-refractivity contribution in [1.29, 1.82) is 0 Å².